The van der Waals surface area contributed by atoms with Gasteiger partial charge in [-0.3, -0.25) is 14.4 Å². The van der Waals surface area contributed by atoms with Crippen molar-refractivity contribution in [2.24, 2.45) is 7.05 Å². The molecule has 1 fully saturated rings. The van der Waals surface area contributed by atoms with Gasteiger partial charge in [-0.25, -0.2) is 0 Å². The van der Waals surface area contributed by atoms with E-state index in [1.807, 2.05) is 61.6 Å². The summed E-state index contributed by atoms with van der Waals surface area (Å²) in [7, 11) is 1.87. The highest BCUT2D eigenvalue weighted by Crippen LogP contribution is 2.32. The van der Waals surface area contributed by atoms with Gasteiger partial charge in [-0.05, 0) is 29.8 Å². The van der Waals surface area contributed by atoms with Gasteiger partial charge in [-0.1, -0.05) is 30.3 Å². The summed E-state index contributed by atoms with van der Waals surface area (Å²) in [4.78, 5) is 14.9. The van der Waals surface area contributed by atoms with E-state index in [9.17, 15) is 4.79 Å². The lowest BCUT2D eigenvalue weighted by molar-refractivity contribution is -0.123. The maximum atomic E-state index is 12.6. The fourth-order valence-corrected chi connectivity index (χ4v) is 4.30. The number of carbonyl (C=O) groups is 1. The third kappa shape index (κ3) is 6.84. The van der Waals surface area contributed by atoms with Crippen molar-refractivity contribution >= 4 is 11.6 Å². The van der Waals surface area contributed by atoms with Crippen LogP contribution in [0.25, 0.3) is 11.3 Å². The van der Waals surface area contributed by atoms with Gasteiger partial charge in [0, 0.05) is 50.6 Å². The lowest BCUT2D eigenvalue weighted by Gasteiger charge is -2.26. The number of ether oxygens (including phenoxy) is 5. The van der Waals surface area contributed by atoms with Crippen LogP contribution in [0.3, 0.4) is 0 Å². The van der Waals surface area contributed by atoms with E-state index in [4.69, 9.17) is 23.7 Å². The predicted octanol–water partition coefficient (Wildman–Crippen LogP) is 3.17. The highest BCUT2D eigenvalue weighted by Gasteiger charge is 2.22. The number of nitrogens with one attached hydrogen (secondary N) is 1. The van der Waals surface area contributed by atoms with Gasteiger partial charge in [0.25, 0.3) is 5.91 Å². The highest BCUT2D eigenvalue weighted by atomic mass is 16.8. The molecule has 1 amide bonds. The molecule has 1 aromatic heterocycles. The van der Waals surface area contributed by atoms with Gasteiger partial charge in [-0.2, -0.15) is 5.10 Å². The third-order valence-electron chi connectivity index (χ3n) is 6.28. The van der Waals surface area contributed by atoms with Crippen molar-refractivity contribution in [2.45, 2.75) is 12.7 Å². The molecule has 3 aromatic rings. The summed E-state index contributed by atoms with van der Waals surface area (Å²) in [6, 6.07) is 17.3. The SMILES string of the molecule is Cn1nccc1-c1cc(NC(=O)COC2=COC(Cc3ccccc3)O2)ccc1OCCN1CCOCC1. The molecular formula is C28H32N4O6. The average molecular weight is 521 g/mol. The number of nitrogens with zero attached hydrogens (tertiary/aromatic N) is 3. The van der Waals surface area contributed by atoms with Crippen LogP contribution in [0.15, 0.2) is 73.0 Å². The molecular weight excluding hydrogens is 488 g/mol. The van der Waals surface area contributed by atoms with Crippen molar-refractivity contribution in [1.29, 1.82) is 0 Å². The molecule has 10 nitrogen and oxygen atoms in total. The number of aromatic nitrogens is 2. The number of morpholine rings is 1. The average Bonchev–Trinajstić information content (AvgIpc) is 3.58. The minimum absolute atomic E-state index is 0.181. The van der Waals surface area contributed by atoms with E-state index in [-0.39, 0.29) is 18.5 Å². The Morgan fingerprint density at radius 2 is 1.95 bits per heavy atom. The van der Waals surface area contributed by atoms with Crippen molar-refractivity contribution in [2.75, 3.05) is 51.4 Å². The number of hydrogen-bond donors (Lipinski definition) is 1. The monoisotopic (exact) mass is 520 g/mol. The van der Waals surface area contributed by atoms with Crippen LogP contribution in [0.5, 0.6) is 5.75 Å². The summed E-state index contributed by atoms with van der Waals surface area (Å²) in [5.74, 6) is 0.584. The van der Waals surface area contributed by atoms with E-state index in [2.05, 4.69) is 15.3 Å². The van der Waals surface area contributed by atoms with Crippen molar-refractivity contribution in [3.63, 3.8) is 0 Å². The first-order chi connectivity index (χ1) is 18.6. The Labute approximate surface area is 221 Å². The Hall–Kier alpha value is -4.02. The highest BCUT2D eigenvalue weighted by molar-refractivity contribution is 5.92. The molecule has 0 spiro atoms. The van der Waals surface area contributed by atoms with Gasteiger partial charge in [0.1, 0.15) is 12.4 Å². The van der Waals surface area contributed by atoms with Gasteiger partial charge in [0.05, 0.1) is 18.9 Å². The lowest BCUT2D eigenvalue weighted by Crippen LogP contribution is -2.38. The zero-order valence-electron chi connectivity index (χ0n) is 21.4. The second-order valence-electron chi connectivity index (χ2n) is 9.00. The molecule has 3 heterocycles. The molecule has 0 aliphatic carbocycles. The molecule has 2 aromatic carbocycles. The molecule has 0 saturated carbocycles. The van der Waals surface area contributed by atoms with Crippen molar-refractivity contribution < 1.29 is 28.5 Å². The molecule has 1 N–H and O–H groups in total. The van der Waals surface area contributed by atoms with Crippen LogP contribution < -0.4 is 10.1 Å². The molecule has 1 atom stereocenters. The minimum atomic E-state index is -0.479. The maximum absolute atomic E-state index is 12.6. The minimum Gasteiger partial charge on any atom is -0.492 e. The van der Waals surface area contributed by atoms with E-state index < -0.39 is 6.29 Å². The molecule has 5 rings (SSSR count). The van der Waals surface area contributed by atoms with Gasteiger partial charge >= 0.3 is 5.95 Å². The number of carbonyl (C=O) groups excluding carboxylic acids is 1. The molecule has 200 valence electrons. The summed E-state index contributed by atoms with van der Waals surface area (Å²) in [5, 5.41) is 7.16. The largest absolute Gasteiger partial charge is 0.492 e. The Morgan fingerprint density at radius 3 is 2.74 bits per heavy atom. The van der Waals surface area contributed by atoms with Gasteiger partial charge in [0.2, 0.25) is 6.29 Å². The second-order valence-corrected chi connectivity index (χ2v) is 9.00. The standard InChI is InChI=1S/C28H32N4O6/c1-31-24(9-10-29-31)23-18-22(7-8-25(23)35-16-13-32-11-14-34-15-12-32)30-26(33)19-36-28-20-37-27(38-28)17-21-5-3-2-4-6-21/h2-10,18,20,27H,11-17,19H2,1H3,(H,30,33). The smallest absolute Gasteiger partial charge is 0.319 e. The molecule has 10 heteroatoms. The van der Waals surface area contributed by atoms with E-state index in [0.717, 1.165) is 55.4 Å². The first kappa shape index (κ1) is 25.6. The number of aryl methyl sites for hydroxylation is 1. The number of hydrogen-bond acceptors (Lipinski definition) is 8. The number of amides is 1. The zero-order chi connectivity index (χ0) is 26.2. The molecule has 2 aliphatic heterocycles. The topological polar surface area (TPSA) is 96.3 Å². The maximum Gasteiger partial charge on any atom is 0.319 e. The van der Waals surface area contributed by atoms with Crippen LogP contribution in [0, 0.1) is 0 Å². The third-order valence-corrected chi connectivity index (χ3v) is 6.28. The second kappa shape index (κ2) is 12.5. The van der Waals surface area contributed by atoms with Crippen LogP contribution in [0.2, 0.25) is 0 Å². The van der Waals surface area contributed by atoms with Crippen LogP contribution in [-0.2, 0) is 37.2 Å². The zero-order valence-corrected chi connectivity index (χ0v) is 21.4. The van der Waals surface area contributed by atoms with Crippen molar-refractivity contribution in [3.05, 3.63) is 78.6 Å². The van der Waals surface area contributed by atoms with Crippen LogP contribution in [0.4, 0.5) is 5.69 Å². The molecule has 38 heavy (non-hydrogen) atoms. The predicted molar refractivity (Wildman–Crippen MR) is 140 cm³/mol. The number of benzene rings is 2. The quantitative estimate of drug-likeness (QED) is 0.412. The molecule has 1 saturated heterocycles. The summed E-state index contributed by atoms with van der Waals surface area (Å²) >= 11 is 0. The van der Waals surface area contributed by atoms with Gasteiger partial charge < -0.3 is 29.0 Å². The lowest BCUT2D eigenvalue weighted by atomic mass is 10.1. The summed E-state index contributed by atoms with van der Waals surface area (Å²) in [5.41, 5.74) is 3.42. The van der Waals surface area contributed by atoms with Gasteiger partial charge in [0.15, 0.2) is 12.9 Å². The Balaban J connectivity index is 1.15. The summed E-state index contributed by atoms with van der Waals surface area (Å²) < 4.78 is 30.0. The first-order valence-corrected chi connectivity index (χ1v) is 12.7. The van der Waals surface area contributed by atoms with E-state index in [1.165, 1.54) is 6.26 Å². The Kier molecular flexibility index (Phi) is 8.42. The fraction of sp³-hybridized carbons (Fsp3) is 0.357. The van der Waals surface area contributed by atoms with Crippen LogP contribution >= 0.6 is 0 Å². The molecule has 1 unspecified atom stereocenters. The summed E-state index contributed by atoms with van der Waals surface area (Å²) in [6.45, 7) is 4.47. The molecule has 0 radical (unpaired) electrons. The molecule has 0 bridgehead atoms. The van der Waals surface area contributed by atoms with Crippen molar-refractivity contribution in [1.82, 2.24) is 14.7 Å². The Morgan fingerprint density at radius 1 is 1.11 bits per heavy atom. The van der Waals surface area contributed by atoms with E-state index >= 15 is 0 Å². The number of rotatable bonds is 11. The fourth-order valence-electron chi connectivity index (χ4n) is 4.30. The van der Waals surface area contributed by atoms with E-state index in [0.29, 0.717) is 18.7 Å². The first-order valence-electron chi connectivity index (χ1n) is 12.7. The number of anilines is 1. The Bertz CT molecular complexity index is 1240. The van der Waals surface area contributed by atoms with Crippen molar-refractivity contribution in [3.8, 4) is 17.0 Å². The van der Waals surface area contributed by atoms with Gasteiger partial charge in [-0.15, -0.1) is 0 Å². The summed E-state index contributed by atoms with van der Waals surface area (Å²) in [6.07, 6.45) is 3.22. The normalized spacial score (nSPS) is 17.3. The molecule has 2 aliphatic rings. The van der Waals surface area contributed by atoms with Crippen LogP contribution in [-0.4, -0.2) is 72.9 Å². The van der Waals surface area contributed by atoms with E-state index in [1.54, 1.807) is 10.9 Å². The van der Waals surface area contributed by atoms with Crippen LogP contribution in [0.1, 0.15) is 5.56 Å².